The van der Waals surface area contributed by atoms with Crippen molar-refractivity contribution in [1.29, 1.82) is 0 Å². The molecule has 4 nitrogen and oxygen atoms in total. The van der Waals surface area contributed by atoms with Crippen LogP contribution in [0.3, 0.4) is 0 Å². The topological polar surface area (TPSA) is 46.4 Å². The third-order valence-corrected chi connectivity index (χ3v) is 4.16. The molecule has 0 aliphatic carbocycles. The molecular weight excluding hydrogens is 288 g/mol. The lowest BCUT2D eigenvalue weighted by Gasteiger charge is -2.27. The van der Waals surface area contributed by atoms with E-state index < -0.39 is 6.10 Å². The monoisotopic (exact) mass is 310 g/mol. The van der Waals surface area contributed by atoms with Crippen LogP contribution in [0, 0.1) is 0 Å². The molecule has 0 aliphatic rings. The summed E-state index contributed by atoms with van der Waals surface area (Å²) < 4.78 is 7.64. The summed E-state index contributed by atoms with van der Waals surface area (Å²) >= 11 is 0. The molecule has 4 heteroatoms. The molecule has 0 bridgehead atoms. The number of para-hydroxylation sites is 2. The van der Waals surface area contributed by atoms with Gasteiger partial charge in [0.25, 0.3) is 0 Å². The van der Waals surface area contributed by atoms with Gasteiger partial charge in [-0.3, -0.25) is 0 Å². The molecule has 0 spiro atoms. The molecule has 0 radical (unpaired) electrons. The van der Waals surface area contributed by atoms with Crippen LogP contribution in [0.5, 0.6) is 5.75 Å². The Labute approximate surface area is 136 Å². The van der Waals surface area contributed by atoms with Crippen LogP contribution in [-0.2, 0) is 0 Å². The van der Waals surface area contributed by atoms with Gasteiger partial charge in [-0.15, -0.1) is 0 Å². The van der Waals surface area contributed by atoms with Crippen LogP contribution in [-0.4, -0.2) is 36.5 Å². The van der Waals surface area contributed by atoms with E-state index in [4.69, 9.17) is 4.74 Å². The average Bonchev–Trinajstić information content (AvgIpc) is 3.00. The number of methoxy groups -OCH3 is 1. The summed E-state index contributed by atoms with van der Waals surface area (Å²) in [6.07, 6.45) is 1.45. The predicted molar refractivity (Wildman–Crippen MR) is 93.0 cm³/mol. The molecule has 2 atom stereocenters. The fourth-order valence-corrected chi connectivity index (χ4v) is 3.12. The highest BCUT2D eigenvalue weighted by atomic mass is 16.5. The van der Waals surface area contributed by atoms with Crippen molar-refractivity contribution in [3.05, 3.63) is 66.4 Å². The lowest BCUT2D eigenvalue weighted by Crippen LogP contribution is -2.33. The first kappa shape index (κ1) is 15.6. The van der Waals surface area contributed by atoms with Gasteiger partial charge >= 0.3 is 0 Å². The Morgan fingerprint density at radius 2 is 1.83 bits per heavy atom. The number of fused-ring (bicyclic) bond motifs is 1. The van der Waals surface area contributed by atoms with E-state index in [2.05, 4.69) is 28.1 Å². The standard InChI is InChI=1S/C19H22N2O2/c1-20-13-17(22)19(15-8-4-6-10-18(15)23-2)21-12-11-14-7-3-5-9-16(14)21/h3-12,17,19-20,22H,13H2,1-2H3. The zero-order chi connectivity index (χ0) is 16.2. The molecule has 2 N–H and O–H groups in total. The van der Waals surface area contributed by atoms with Crippen LogP contribution >= 0.6 is 0 Å². The Bertz CT molecular complexity index is 782. The second kappa shape index (κ2) is 6.86. The smallest absolute Gasteiger partial charge is 0.124 e. The molecule has 3 aromatic rings. The van der Waals surface area contributed by atoms with Crippen molar-refractivity contribution in [2.75, 3.05) is 20.7 Å². The number of benzene rings is 2. The number of likely N-dealkylation sites (N-methyl/N-ethyl adjacent to an activating group) is 1. The molecule has 0 saturated carbocycles. The molecule has 1 heterocycles. The number of hydrogen-bond donors (Lipinski definition) is 2. The van der Waals surface area contributed by atoms with Gasteiger partial charge < -0.3 is 19.7 Å². The number of aromatic nitrogens is 1. The van der Waals surface area contributed by atoms with E-state index in [0.717, 1.165) is 22.2 Å². The summed E-state index contributed by atoms with van der Waals surface area (Å²) in [4.78, 5) is 0. The van der Waals surface area contributed by atoms with Crippen LogP contribution < -0.4 is 10.1 Å². The Morgan fingerprint density at radius 3 is 2.61 bits per heavy atom. The van der Waals surface area contributed by atoms with Crippen molar-refractivity contribution in [2.45, 2.75) is 12.1 Å². The maximum Gasteiger partial charge on any atom is 0.124 e. The van der Waals surface area contributed by atoms with Gasteiger partial charge in [0.05, 0.1) is 19.3 Å². The Morgan fingerprint density at radius 1 is 1.09 bits per heavy atom. The van der Waals surface area contributed by atoms with Gasteiger partial charge in [-0.05, 0) is 30.6 Å². The van der Waals surface area contributed by atoms with Crippen molar-refractivity contribution in [1.82, 2.24) is 9.88 Å². The van der Waals surface area contributed by atoms with Gasteiger partial charge in [0, 0.05) is 23.8 Å². The Kier molecular flexibility index (Phi) is 4.65. The maximum atomic E-state index is 10.8. The molecule has 1 aromatic heterocycles. The minimum atomic E-state index is -0.577. The molecule has 0 saturated heterocycles. The summed E-state index contributed by atoms with van der Waals surface area (Å²) in [6.45, 7) is 0.495. The summed E-state index contributed by atoms with van der Waals surface area (Å²) in [5, 5.41) is 15.0. The Balaban J connectivity index is 2.16. The van der Waals surface area contributed by atoms with E-state index in [1.807, 2.05) is 49.6 Å². The summed E-state index contributed by atoms with van der Waals surface area (Å²) in [5.74, 6) is 0.783. The summed E-state index contributed by atoms with van der Waals surface area (Å²) in [5.41, 5.74) is 2.07. The van der Waals surface area contributed by atoms with Gasteiger partial charge in [0.2, 0.25) is 0 Å². The van der Waals surface area contributed by atoms with Gasteiger partial charge in [0.15, 0.2) is 0 Å². The largest absolute Gasteiger partial charge is 0.496 e. The molecule has 2 aromatic carbocycles. The minimum absolute atomic E-state index is 0.224. The summed E-state index contributed by atoms with van der Waals surface area (Å²) in [6, 6.07) is 17.9. The molecule has 0 aliphatic heterocycles. The number of rotatable bonds is 6. The van der Waals surface area contributed by atoms with Crippen molar-refractivity contribution in [3.63, 3.8) is 0 Å². The van der Waals surface area contributed by atoms with Crippen molar-refractivity contribution < 1.29 is 9.84 Å². The van der Waals surface area contributed by atoms with E-state index >= 15 is 0 Å². The zero-order valence-corrected chi connectivity index (χ0v) is 13.4. The van der Waals surface area contributed by atoms with Gasteiger partial charge in [-0.2, -0.15) is 0 Å². The highest BCUT2D eigenvalue weighted by molar-refractivity contribution is 5.80. The first-order chi connectivity index (χ1) is 11.3. The highest BCUT2D eigenvalue weighted by Crippen LogP contribution is 2.33. The van der Waals surface area contributed by atoms with Crippen LogP contribution in [0.15, 0.2) is 60.8 Å². The van der Waals surface area contributed by atoms with E-state index in [-0.39, 0.29) is 6.04 Å². The van der Waals surface area contributed by atoms with E-state index in [1.165, 1.54) is 0 Å². The van der Waals surface area contributed by atoms with E-state index in [9.17, 15) is 5.11 Å². The lowest BCUT2D eigenvalue weighted by atomic mass is 9.99. The number of nitrogens with one attached hydrogen (secondary N) is 1. The normalized spacial score (nSPS) is 13.9. The quantitative estimate of drug-likeness (QED) is 0.736. The SMILES string of the molecule is CNCC(O)C(c1ccccc1OC)n1ccc2ccccc21. The van der Waals surface area contributed by atoms with Gasteiger partial charge in [0.1, 0.15) is 5.75 Å². The number of aliphatic hydroxyl groups is 1. The minimum Gasteiger partial charge on any atom is -0.496 e. The van der Waals surface area contributed by atoms with Crippen LogP contribution in [0.1, 0.15) is 11.6 Å². The summed E-state index contributed by atoms with van der Waals surface area (Å²) in [7, 11) is 3.50. The number of nitrogens with zero attached hydrogens (tertiary/aromatic N) is 1. The van der Waals surface area contributed by atoms with Crippen molar-refractivity contribution >= 4 is 10.9 Å². The zero-order valence-electron chi connectivity index (χ0n) is 13.4. The third kappa shape index (κ3) is 2.96. The van der Waals surface area contributed by atoms with Crippen molar-refractivity contribution in [2.24, 2.45) is 0 Å². The first-order valence-corrected chi connectivity index (χ1v) is 7.77. The van der Waals surface area contributed by atoms with Crippen LogP contribution in [0.4, 0.5) is 0 Å². The molecule has 0 fully saturated rings. The molecule has 3 rings (SSSR count). The maximum absolute atomic E-state index is 10.8. The molecule has 0 amide bonds. The predicted octanol–water partition coefficient (Wildman–Crippen LogP) is 2.82. The van der Waals surface area contributed by atoms with E-state index in [0.29, 0.717) is 6.54 Å². The molecule has 120 valence electrons. The second-order valence-electron chi connectivity index (χ2n) is 5.59. The fourth-order valence-electron chi connectivity index (χ4n) is 3.12. The first-order valence-electron chi connectivity index (χ1n) is 7.77. The van der Waals surface area contributed by atoms with Gasteiger partial charge in [-0.25, -0.2) is 0 Å². The highest BCUT2D eigenvalue weighted by Gasteiger charge is 2.26. The lowest BCUT2D eigenvalue weighted by molar-refractivity contribution is 0.131. The van der Waals surface area contributed by atoms with Crippen LogP contribution in [0.2, 0.25) is 0 Å². The Hall–Kier alpha value is -2.30. The van der Waals surface area contributed by atoms with Crippen LogP contribution in [0.25, 0.3) is 10.9 Å². The number of ether oxygens (including phenoxy) is 1. The molecular formula is C19H22N2O2. The van der Waals surface area contributed by atoms with E-state index in [1.54, 1.807) is 7.11 Å². The fraction of sp³-hybridized carbons (Fsp3) is 0.263. The van der Waals surface area contributed by atoms with Crippen molar-refractivity contribution in [3.8, 4) is 5.75 Å². The number of aliphatic hydroxyl groups excluding tert-OH is 1. The molecule has 23 heavy (non-hydrogen) atoms. The third-order valence-electron chi connectivity index (χ3n) is 4.16. The molecule has 2 unspecified atom stereocenters. The second-order valence-corrected chi connectivity index (χ2v) is 5.59. The number of hydrogen-bond acceptors (Lipinski definition) is 3. The van der Waals surface area contributed by atoms with Gasteiger partial charge in [-0.1, -0.05) is 36.4 Å². The average molecular weight is 310 g/mol.